The van der Waals surface area contributed by atoms with Crippen molar-refractivity contribution in [1.29, 1.82) is 0 Å². The van der Waals surface area contributed by atoms with Crippen molar-refractivity contribution >= 4 is 23.5 Å². The quantitative estimate of drug-likeness (QED) is 0.450. The summed E-state index contributed by atoms with van der Waals surface area (Å²) in [7, 11) is 0. The molecule has 4 aromatic rings. The van der Waals surface area contributed by atoms with Crippen molar-refractivity contribution < 1.29 is 9.32 Å². The molecular weight excluding hydrogens is 398 g/mol. The number of thioether (sulfide) groups is 1. The molecule has 1 amide bonds. The minimum Gasteiger partial charge on any atom is -0.360 e. The molecule has 0 aliphatic rings. The molecule has 0 saturated carbocycles. The fourth-order valence-corrected chi connectivity index (χ4v) is 3.86. The standard InChI is InChI=1S/C22H21N5O2S/c1-15-13-19(26-29-15)23-21(28)16(2)30-22-25-24-20(14-17-9-5-3-6-10-17)27(22)18-11-7-4-8-12-18/h3-13,16H,14H2,1-2H3,(H,23,26,28). The molecule has 152 valence electrons. The lowest BCUT2D eigenvalue weighted by molar-refractivity contribution is -0.115. The van der Waals surface area contributed by atoms with Crippen LogP contribution in [0, 0.1) is 6.92 Å². The second kappa shape index (κ2) is 8.96. The Bertz CT molecular complexity index is 1120. The van der Waals surface area contributed by atoms with E-state index in [1.807, 2.05) is 60.0 Å². The Kier molecular flexibility index (Phi) is 5.94. The number of aryl methyl sites for hydroxylation is 1. The van der Waals surface area contributed by atoms with E-state index in [0.29, 0.717) is 23.2 Å². The zero-order valence-electron chi connectivity index (χ0n) is 16.6. The number of anilines is 1. The van der Waals surface area contributed by atoms with Gasteiger partial charge in [0.1, 0.15) is 11.6 Å². The number of carbonyl (C=O) groups is 1. The van der Waals surface area contributed by atoms with Crippen molar-refractivity contribution in [2.24, 2.45) is 0 Å². The minimum atomic E-state index is -0.404. The molecule has 0 bridgehead atoms. The highest BCUT2D eigenvalue weighted by Gasteiger charge is 2.22. The molecule has 0 radical (unpaired) electrons. The van der Waals surface area contributed by atoms with E-state index in [0.717, 1.165) is 17.1 Å². The van der Waals surface area contributed by atoms with E-state index >= 15 is 0 Å². The molecule has 8 heteroatoms. The Morgan fingerprint density at radius 1 is 1.10 bits per heavy atom. The molecule has 1 N–H and O–H groups in total. The van der Waals surface area contributed by atoms with Crippen LogP contribution in [0.5, 0.6) is 0 Å². The fourth-order valence-electron chi connectivity index (χ4n) is 2.97. The summed E-state index contributed by atoms with van der Waals surface area (Å²) in [6.45, 7) is 3.60. The first-order chi connectivity index (χ1) is 14.6. The van der Waals surface area contributed by atoms with Crippen LogP contribution in [0.1, 0.15) is 24.1 Å². The number of para-hydroxylation sites is 1. The molecule has 4 rings (SSSR count). The van der Waals surface area contributed by atoms with E-state index in [4.69, 9.17) is 4.52 Å². The van der Waals surface area contributed by atoms with E-state index < -0.39 is 5.25 Å². The van der Waals surface area contributed by atoms with Gasteiger partial charge in [0.25, 0.3) is 0 Å². The molecule has 0 saturated heterocycles. The van der Waals surface area contributed by atoms with Crippen LogP contribution in [0.15, 0.2) is 76.4 Å². The van der Waals surface area contributed by atoms with Gasteiger partial charge >= 0.3 is 0 Å². The predicted octanol–water partition coefficient (Wildman–Crippen LogP) is 4.27. The number of nitrogens with one attached hydrogen (secondary N) is 1. The lowest BCUT2D eigenvalue weighted by Gasteiger charge is -2.13. The molecule has 30 heavy (non-hydrogen) atoms. The summed E-state index contributed by atoms with van der Waals surface area (Å²) in [6.07, 6.45) is 0.641. The molecule has 2 aromatic heterocycles. The summed E-state index contributed by atoms with van der Waals surface area (Å²) in [6, 6.07) is 21.7. The smallest absolute Gasteiger partial charge is 0.238 e. The number of carbonyl (C=O) groups excluding carboxylic acids is 1. The van der Waals surface area contributed by atoms with Crippen LogP contribution >= 0.6 is 11.8 Å². The second-order valence-corrected chi connectivity index (χ2v) is 8.11. The molecule has 0 aliphatic heterocycles. The lowest BCUT2D eigenvalue weighted by atomic mass is 10.1. The Labute approximate surface area is 178 Å². The first-order valence-corrected chi connectivity index (χ1v) is 10.4. The number of hydrogen-bond donors (Lipinski definition) is 1. The first kappa shape index (κ1) is 19.9. The number of hydrogen-bond acceptors (Lipinski definition) is 6. The molecule has 2 heterocycles. The predicted molar refractivity (Wildman–Crippen MR) is 116 cm³/mol. The van der Waals surface area contributed by atoms with E-state index in [1.54, 1.807) is 13.0 Å². The third-order valence-electron chi connectivity index (χ3n) is 4.45. The topological polar surface area (TPSA) is 85.8 Å². The maximum Gasteiger partial charge on any atom is 0.238 e. The van der Waals surface area contributed by atoms with Crippen molar-refractivity contribution in [3.05, 3.63) is 83.9 Å². The zero-order valence-corrected chi connectivity index (χ0v) is 17.5. The van der Waals surface area contributed by atoms with Gasteiger partial charge in [-0.25, -0.2) is 0 Å². The molecule has 0 spiro atoms. The van der Waals surface area contributed by atoms with E-state index in [-0.39, 0.29) is 5.91 Å². The number of rotatable bonds is 7. The Morgan fingerprint density at radius 3 is 2.47 bits per heavy atom. The summed E-state index contributed by atoms with van der Waals surface area (Å²) in [4.78, 5) is 12.6. The Morgan fingerprint density at radius 2 is 1.80 bits per heavy atom. The van der Waals surface area contributed by atoms with Crippen LogP contribution < -0.4 is 5.32 Å². The van der Waals surface area contributed by atoms with Crippen LogP contribution in [-0.4, -0.2) is 31.1 Å². The van der Waals surface area contributed by atoms with E-state index in [1.165, 1.54) is 11.8 Å². The van der Waals surface area contributed by atoms with Gasteiger partial charge in [0, 0.05) is 18.2 Å². The SMILES string of the molecule is Cc1cc(NC(=O)C(C)Sc2nnc(Cc3ccccc3)n2-c2ccccc2)no1. The Hall–Kier alpha value is -3.39. The van der Waals surface area contributed by atoms with Crippen LogP contribution in [0.25, 0.3) is 5.69 Å². The highest BCUT2D eigenvalue weighted by molar-refractivity contribution is 8.00. The number of amides is 1. The molecule has 7 nitrogen and oxygen atoms in total. The molecule has 2 aromatic carbocycles. The number of benzene rings is 2. The lowest BCUT2D eigenvalue weighted by Crippen LogP contribution is -2.23. The average molecular weight is 420 g/mol. The van der Waals surface area contributed by atoms with Crippen LogP contribution in [0.3, 0.4) is 0 Å². The summed E-state index contributed by atoms with van der Waals surface area (Å²) in [5.74, 6) is 1.68. The summed E-state index contributed by atoms with van der Waals surface area (Å²) >= 11 is 1.35. The van der Waals surface area contributed by atoms with Gasteiger partial charge < -0.3 is 9.84 Å². The number of aromatic nitrogens is 4. The fraction of sp³-hybridized carbons (Fsp3) is 0.182. The van der Waals surface area contributed by atoms with Crippen molar-refractivity contribution in [3.8, 4) is 5.69 Å². The molecular formula is C22H21N5O2S. The van der Waals surface area contributed by atoms with Gasteiger partial charge in [-0.05, 0) is 31.5 Å². The molecule has 1 unspecified atom stereocenters. The van der Waals surface area contributed by atoms with Crippen molar-refractivity contribution in [1.82, 2.24) is 19.9 Å². The maximum atomic E-state index is 12.6. The molecule has 1 atom stereocenters. The van der Waals surface area contributed by atoms with Crippen molar-refractivity contribution in [2.45, 2.75) is 30.7 Å². The maximum absolute atomic E-state index is 12.6. The number of nitrogens with zero attached hydrogens (tertiary/aromatic N) is 4. The van der Waals surface area contributed by atoms with Gasteiger partial charge in [-0.1, -0.05) is 65.4 Å². The average Bonchev–Trinajstić information content (AvgIpc) is 3.35. The van der Waals surface area contributed by atoms with Gasteiger partial charge in [0.05, 0.1) is 5.25 Å². The molecule has 0 aliphatic carbocycles. The van der Waals surface area contributed by atoms with Crippen molar-refractivity contribution in [2.75, 3.05) is 5.32 Å². The third-order valence-corrected chi connectivity index (χ3v) is 5.49. The highest BCUT2D eigenvalue weighted by Crippen LogP contribution is 2.27. The highest BCUT2D eigenvalue weighted by atomic mass is 32.2. The van der Waals surface area contributed by atoms with E-state index in [9.17, 15) is 4.79 Å². The van der Waals surface area contributed by atoms with Crippen LogP contribution in [0.2, 0.25) is 0 Å². The first-order valence-electron chi connectivity index (χ1n) is 9.54. The van der Waals surface area contributed by atoms with E-state index in [2.05, 4.69) is 32.8 Å². The minimum absolute atomic E-state index is 0.180. The van der Waals surface area contributed by atoms with Crippen molar-refractivity contribution in [3.63, 3.8) is 0 Å². The normalized spacial score (nSPS) is 11.9. The van der Waals surface area contributed by atoms with Gasteiger partial charge in [-0.3, -0.25) is 9.36 Å². The molecule has 0 fully saturated rings. The largest absolute Gasteiger partial charge is 0.360 e. The summed E-state index contributed by atoms with van der Waals surface area (Å²) < 4.78 is 7.00. The third kappa shape index (κ3) is 4.60. The zero-order chi connectivity index (χ0) is 20.9. The van der Waals surface area contributed by atoms with Gasteiger partial charge in [-0.15, -0.1) is 10.2 Å². The van der Waals surface area contributed by atoms with Crippen LogP contribution in [-0.2, 0) is 11.2 Å². The summed E-state index contributed by atoms with van der Waals surface area (Å²) in [5, 5.41) is 15.6. The monoisotopic (exact) mass is 419 g/mol. The van der Waals surface area contributed by atoms with Gasteiger partial charge in [0.15, 0.2) is 11.0 Å². The van der Waals surface area contributed by atoms with Crippen LogP contribution in [0.4, 0.5) is 5.82 Å². The second-order valence-electron chi connectivity index (χ2n) is 6.80. The summed E-state index contributed by atoms with van der Waals surface area (Å²) in [5.41, 5.74) is 2.10. The van der Waals surface area contributed by atoms with Gasteiger partial charge in [-0.2, -0.15) is 0 Å². The van der Waals surface area contributed by atoms with Gasteiger partial charge in [0.2, 0.25) is 5.91 Å². The Balaban J connectivity index is 1.58.